The van der Waals surface area contributed by atoms with Gasteiger partial charge in [-0.15, -0.1) is 0 Å². The van der Waals surface area contributed by atoms with E-state index in [1.54, 1.807) is 6.07 Å². The molecule has 2 rings (SSSR count). The summed E-state index contributed by atoms with van der Waals surface area (Å²) in [6.07, 6.45) is 0. The Hall–Kier alpha value is -1.96. The Morgan fingerprint density at radius 3 is 1.45 bits per heavy atom. The number of phenolic OH excluding ortho intramolecular Hbond substituents is 2. The summed E-state index contributed by atoms with van der Waals surface area (Å²) >= 11 is 0. The Kier molecular flexibility index (Phi) is 5.20. The standard InChI is InChI=1S/2C9H12O/c1-6-4-8(3)9(10)5-7(6)2;1-6-4-7(2)9(10)8(3)5-6/h2*4-5,10H,1-3H3. The van der Waals surface area contributed by atoms with Crippen LogP contribution in [0.1, 0.15) is 33.4 Å². The molecule has 2 nitrogen and oxygen atoms in total. The van der Waals surface area contributed by atoms with Crippen molar-refractivity contribution in [1.82, 2.24) is 0 Å². The van der Waals surface area contributed by atoms with Gasteiger partial charge in [0.25, 0.3) is 0 Å². The second-order valence-electron chi connectivity index (χ2n) is 5.47. The van der Waals surface area contributed by atoms with Crippen molar-refractivity contribution in [2.24, 2.45) is 0 Å². The Bertz CT molecular complexity index is 540. The summed E-state index contributed by atoms with van der Waals surface area (Å²) in [5.41, 5.74) is 6.43. The van der Waals surface area contributed by atoms with Crippen molar-refractivity contribution >= 4 is 0 Å². The minimum Gasteiger partial charge on any atom is -0.508 e. The number of phenols is 2. The lowest BCUT2D eigenvalue weighted by atomic mass is 10.1. The summed E-state index contributed by atoms with van der Waals surface area (Å²) in [7, 11) is 0. The third kappa shape index (κ3) is 4.02. The van der Waals surface area contributed by atoms with Crippen molar-refractivity contribution in [3.63, 3.8) is 0 Å². The van der Waals surface area contributed by atoms with E-state index in [1.807, 2.05) is 59.7 Å². The molecule has 0 saturated heterocycles. The number of hydrogen-bond donors (Lipinski definition) is 2. The lowest BCUT2D eigenvalue weighted by Gasteiger charge is -2.03. The van der Waals surface area contributed by atoms with Crippen LogP contribution in [0.3, 0.4) is 0 Å². The van der Waals surface area contributed by atoms with Crippen LogP contribution in [0.25, 0.3) is 0 Å². The first kappa shape index (κ1) is 16.1. The highest BCUT2D eigenvalue weighted by atomic mass is 16.3. The van der Waals surface area contributed by atoms with Gasteiger partial charge in [-0.25, -0.2) is 0 Å². The predicted octanol–water partition coefficient (Wildman–Crippen LogP) is 4.63. The molecule has 2 aromatic carbocycles. The topological polar surface area (TPSA) is 40.5 Å². The number of aromatic hydroxyl groups is 2. The molecular weight excluding hydrogens is 248 g/mol. The Balaban J connectivity index is 0.000000200. The fourth-order valence-electron chi connectivity index (χ4n) is 2.12. The summed E-state index contributed by atoms with van der Waals surface area (Å²) in [5, 5.41) is 18.6. The van der Waals surface area contributed by atoms with Crippen LogP contribution in [0.4, 0.5) is 0 Å². The summed E-state index contributed by atoms with van der Waals surface area (Å²) in [5.74, 6) is 0.814. The van der Waals surface area contributed by atoms with Crippen LogP contribution < -0.4 is 0 Å². The molecule has 20 heavy (non-hydrogen) atoms. The summed E-state index contributed by atoms with van der Waals surface area (Å²) in [6.45, 7) is 11.8. The van der Waals surface area contributed by atoms with Crippen LogP contribution in [-0.4, -0.2) is 10.2 Å². The Morgan fingerprint density at radius 1 is 0.550 bits per heavy atom. The lowest BCUT2D eigenvalue weighted by Crippen LogP contribution is -1.82. The Morgan fingerprint density at radius 2 is 1.00 bits per heavy atom. The first-order valence-electron chi connectivity index (χ1n) is 6.76. The molecule has 108 valence electrons. The fourth-order valence-corrected chi connectivity index (χ4v) is 2.12. The van der Waals surface area contributed by atoms with E-state index < -0.39 is 0 Å². The van der Waals surface area contributed by atoms with E-state index in [0.717, 1.165) is 22.3 Å². The van der Waals surface area contributed by atoms with E-state index >= 15 is 0 Å². The van der Waals surface area contributed by atoms with Crippen molar-refractivity contribution in [2.75, 3.05) is 0 Å². The van der Waals surface area contributed by atoms with E-state index in [2.05, 4.69) is 0 Å². The van der Waals surface area contributed by atoms with Crippen LogP contribution >= 0.6 is 0 Å². The van der Waals surface area contributed by atoms with E-state index in [0.29, 0.717) is 11.5 Å². The maximum absolute atomic E-state index is 9.33. The molecule has 2 N–H and O–H groups in total. The van der Waals surface area contributed by atoms with Gasteiger partial charge in [0, 0.05) is 0 Å². The third-order valence-electron chi connectivity index (χ3n) is 3.45. The van der Waals surface area contributed by atoms with Crippen molar-refractivity contribution in [3.8, 4) is 11.5 Å². The fraction of sp³-hybridized carbons (Fsp3) is 0.333. The second-order valence-corrected chi connectivity index (χ2v) is 5.47. The van der Waals surface area contributed by atoms with Gasteiger partial charge in [0.2, 0.25) is 0 Å². The minimum absolute atomic E-state index is 0.392. The molecule has 2 heteroatoms. The maximum Gasteiger partial charge on any atom is 0.121 e. The van der Waals surface area contributed by atoms with Gasteiger partial charge in [0.05, 0.1) is 0 Å². The van der Waals surface area contributed by atoms with Crippen LogP contribution in [0.15, 0.2) is 24.3 Å². The molecule has 0 spiro atoms. The number of aryl methyl sites for hydroxylation is 6. The van der Waals surface area contributed by atoms with E-state index in [9.17, 15) is 10.2 Å². The van der Waals surface area contributed by atoms with Gasteiger partial charge in [0.1, 0.15) is 11.5 Å². The minimum atomic E-state index is 0.392. The van der Waals surface area contributed by atoms with Gasteiger partial charge in [-0.2, -0.15) is 0 Å². The highest BCUT2D eigenvalue weighted by Crippen LogP contribution is 2.22. The molecule has 0 unspecified atom stereocenters. The predicted molar refractivity (Wildman–Crippen MR) is 84.6 cm³/mol. The van der Waals surface area contributed by atoms with Gasteiger partial charge in [-0.3, -0.25) is 0 Å². The van der Waals surface area contributed by atoms with Crippen molar-refractivity contribution in [3.05, 3.63) is 57.6 Å². The van der Waals surface area contributed by atoms with E-state index in [1.165, 1.54) is 11.1 Å². The van der Waals surface area contributed by atoms with Gasteiger partial charge in [-0.05, 0) is 75.4 Å². The quantitative estimate of drug-likeness (QED) is 0.733. The van der Waals surface area contributed by atoms with Gasteiger partial charge < -0.3 is 10.2 Å². The van der Waals surface area contributed by atoms with Crippen LogP contribution in [0.2, 0.25) is 0 Å². The first-order chi connectivity index (χ1) is 9.22. The zero-order valence-corrected chi connectivity index (χ0v) is 13.2. The average Bonchev–Trinajstić information content (AvgIpc) is 2.34. The molecule has 0 bridgehead atoms. The number of benzene rings is 2. The van der Waals surface area contributed by atoms with Gasteiger partial charge in [-0.1, -0.05) is 23.8 Å². The average molecular weight is 272 g/mol. The molecule has 0 aromatic heterocycles. The molecule has 0 aliphatic rings. The maximum atomic E-state index is 9.33. The summed E-state index contributed by atoms with van der Waals surface area (Å²) in [6, 6.07) is 7.74. The van der Waals surface area contributed by atoms with E-state index in [4.69, 9.17) is 0 Å². The zero-order valence-electron chi connectivity index (χ0n) is 13.2. The highest BCUT2D eigenvalue weighted by Gasteiger charge is 1.99. The zero-order chi connectivity index (χ0) is 15.4. The Labute approximate surface area is 121 Å². The monoisotopic (exact) mass is 272 g/mol. The number of hydrogen-bond acceptors (Lipinski definition) is 2. The molecule has 0 amide bonds. The molecule has 0 radical (unpaired) electrons. The van der Waals surface area contributed by atoms with Crippen molar-refractivity contribution < 1.29 is 10.2 Å². The van der Waals surface area contributed by atoms with Crippen LogP contribution in [0.5, 0.6) is 11.5 Å². The molecule has 0 aliphatic heterocycles. The van der Waals surface area contributed by atoms with Crippen LogP contribution in [0, 0.1) is 41.5 Å². The third-order valence-corrected chi connectivity index (χ3v) is 3.45. The molecule has 0 atom stereocenters. The number of rotatable bonds is 0. The van der Waals surface area contributed by atoms with Gasteiger partial charge in [0.15, 0.2) is 0 Å². The molecule has 0 saturated carbocycles. The molecule has 0 fully saturated rings. The molecule has 0 heterocycles. The SMILES string of the molecule is Cc1cc(C)c(O)c(C)c1.Cc1cc(C)c(O)cc1C. The summed E-state index contributed by atoms with van der Waals surface area (Å²) in [4.78, 5) is 0. The molecule has 0 aliphatic carbocycles. The molecular formula is C18H24O2. The largest absolute Gasteiger partial charge is 0.508 e. The van der Waals surface area contributed by atoms with Gasteiger partial charge >= 0.3 is 0 Å². The van der Waals surface area contributed by atoms with Crippen molar-refractivity contribution in [2.45, 2.75) is 41.5 Å². The smallest absolute Gasteiger partial charge is 0.121 e. The lowest BCUT2D eigenvalue weighted by molar-refractivity contribution is 0.466. The van der Waals surface area contributed by atoms with Crippen molar-refractivity contribution in [1.29, 1.82) is 0 Å². The van der Waals surface area contributed by atoms with Crippen LogP contribution in [-0.2, 0) is 0 Å². The first-order valence-corrected chi connectivity index (χ1v) is 6.76. The highest BCUT2D eigenvalue weighted by molar-refractivity contribution is 5.41. The molecule has 2 aromatic rings. The second kappa shape index (κ2) is 6.47. The summed E-state index contributed by atoms with van der Waals surface area (Å²) < 4.78 is 0. The normalized spacial score (nSPS) is 9.90. The van der Waals surface area contributed by atoms with E-state index in [-0.39, 0.29) is 0 Å².